The second-order valence-electron chi connectivity index (χ2n) is 5.17. The van der Waals surface area contributed by atoms with Crippen molar-refractivity contribution in [2.75, 3.05) is 28.7 Å². The molecule has 7 heteroatoms. The summed E-state index contributed by atoms with van der Waals surface area (Å²) in [6.45, 7) is 4.28. The van der Waals surface area contributed by atoms with Crippen LogP contribution in [0.4, 0.5) is 5.69 Å². The van der Waals surface area contributed by atoms with Gasteiger partial charge in [0.2, 0.25) is 0 Å². The number of nitrogens with zero attached hydrogens (tertiary/aromatic N) is 1. The van der Waals surface area contributed by atoms with E-state index in [4.69, 9.17) is 17.3 Å². The summed E-state index contributed by atoms with van der Waals surface area (Å²) in [4.78, 5) is 1.95. The minimum Gasteiger partial charge on any atom is -0.353 e. The summed E-state index contributed by atoms with van der Waals surface area (Å²) in [5.41, 5.74) is 7.59. The molecule has 2 unspecified atom stereocenters. The highest BCUT2D eigenvalue weighted by Crippen LogP contribution is 2.31. The number of thioether (sulfide) groups is 1. The molecule has 1 aromatic carbocycles. The van der Waals surface area contributed by atoms with Gasteiger partial charge in [-0.3, -0.25) is 0 Å². The lowest BCUT2D eigenvalue weighted by Crippen LogP contribution is -2.48. The van der Waals surface area contributed by atoms with Gasteiger partial charge in [-0.05, 0) is 24.6 Å². The molecule has 0 bridgehead atoms. The minimum atomic E-state index is -3.12. The number of hydrogen-bond acceptors (Lipinski definition) is 5. The van der Waals surface area contributed by atoms with Crippen LogP contribution in [0.2, 0.25) is 5.02 Å². The number of nitrogens with two attached hydrogens (primary N) is 1. The van der Waals surface area contributed by atoms with Crippen LogP contribution in [0.25, 0.3) is 0 Å². The summed E-state index contributed by atoms with van der Waals surface area (Å²) < 4.78 is 24.6. The van der Waals surface area contributed by atoms with Crippen LogP contribution in [0.3, 0.4) is 0 Å². The molecule has 0 saturated carbocycles. The van der Waals surface area contributed by atoms with E-state index in [0.717, 1.165) is 17.0 Å². The standard InChI is InChI=1S/C14H21ClN2O2S2/c1-3-21(18,19)14-9-20-7-6-17(14)11-4-5-12(10(2)16)13(15)8-11/h4-5,8,10,14H,3,6-7,9,16H2,1-2H3. The van der Waals surface area contributed by atoms with Crippen LogP contribution in [-0.2, 0) is 9.84 Å². The summed E-state index contributed by atoms with van der Waals surface area (Å²) in [6.07, 6.45) is 0. The zero-order valence-electron chi connectivity index (χ0n) is 12.3. The smallest absolute Gasteiger partial charge is 0.171 e. The molecule has 2 atom stereocenters. The van der Waals surface area contributed by atoms with Crippen molar-refractivity contribution in [2.24, 2.45) is 5.73 Å². The SMILES string of the molecule is CCS(=O)(=O)C1CSCCN1c1ccc(C(C)N)c(Cl)c1. The maximum Gasteiger partial charge on any atom is 0.171 e. The van der Waals surface area contributed by atoms with Crippen molar-refractivity contribution >= 4 is 38.9 Å². The first-order valence-electron chi connectivity index (χ1n) is 6.97. The van der Waals surface area contributed by atoms with Gasteiger partial charge in [0.25, 0.3) is 0 Å². The largest absolute Gasteiger partial charge is 0.353 e. The fourth-order valence-electron chi connectivity index (χ4n) is 2.43. The van der Waals surface area contributed by atoms with Gasteiger partial charge in [-0.25, -0.2) is 8.42 Å². The number of hydrogen-bond donors (Lipinski definition) is 1. The monoisotopic (exact) mass is 348 g/mol. The number of anilines is 1. The predicted octanol–water partition coefficient (Wildman–Crippen LogP) is 2.67. The molecule has 118 valence electrons. The molecule has 1 aromatic rings. The van der Waals surface area contributed by atoms with E-state index in [2.05, 4.69) is 0 Å². The van der Waals surface area contributed by atoms with Gasteiger partial charge in [0.1, 0.15) is 5.37 Å². The van der Waals surface area contributed by atoms with E-state index in [1.165, 1.54) is 0 Å². The molecule has 21 heavy (non-hydrogen) atoms. The van der Waals surface area contributed by atoms with Crippen LogP contribution in [-0.4, -0.2) is 37.6 Å². The summed E-state index contributed by atoms with van der Waals surface area (Å²) in [5.74, 6) is 1.67. The van der Waals surface area contributed by atoms with Gasteiger partial charge in [-0.15, -0.1) is 0 Å². The van der Waals surface area contributed by atoms with Gasteiger partial charge in [-0.1, -0.05) is 24.6 Å². The second-order valence-corrected chi connectivity index (χ2v) is 9.17. The van der Waals surface area contributed by atoms with E-state index < -0.39 is 15.2 Å². The van der Waals surface area contributed by atoms with Gasteiger partial charge < -0.3 is 10.6 Å². The van der Waals surface area contributed by atoms with Crippen molar-refractivity contribution in [3.8, 4) is 0 Å². The van der Waals surface area contributed by atoms with Crippen molar-refractivity contribution in [3.63, 3.8) is 0 Å². The van der Waals surface area contributed by atoms with Gasteiger partial charge >= 0.3 is 0 Å². The first-order valence-corrected chi connectivity index (χ1v) is 10.2. The normalized spacial score (nSPS) is 21.3. The Morgan fingerprint density at radius 1 is 1.52 bits per heavy atom. The summed E-state index contributed by atoms with van der Waals surface area (Å²) in [7, 11) is -3.12. The first kappa shape index (κ1) is 16.9. The highest BCUT2D eigenvalue weighted by atomic mass is 35.5. The Morgan fingerprint density at radius 3 is 2.81 bits per heavy atom. The zero-order chi connectivity index (χ0) is 15.6. The second kappa shape index (κ2) is 6.77. The van der Waals surface area contributed by atoms with E-state index in [0.29, 0.717) is 17.3 Å². The Balaban J connectivity index is 2.36. The minimum absolute atomic E-state index is 0.140. The molecule has 2 rings (SSSR count). The maximum absolute atomic E-state index is 12.3. The van der Waals surface area contributed by atoms with E-state index >= 15 is 0 Å². The van der Waals surface area contributed by atoms with Crippen molar-refractivity contribution in [1.29, 1.82) is 0 Å². The van der Waals surface area contributed by atoms with Crippen LogP contribution < -0.4 is 10.6 Å². The number of rotatable bonds is 4. The fraction of sp³-hybridized carbons (Fsp3) is 0.571. The van der Waals surface area contributed by atoms with Crippen molar-refractivity contribution in [1.82, 2.24) is 0 Å². The van der Waals surface area contributed by atoms with Crippen LogP contribution in [0.15, 0.2) is 18.2 Å². The highest BCUT2D eigenvalue weighted by Gasteiger charge is 2.33. The summed E-state index contributed by atoms with van der Waals surface area (Å²) in [5, 5.41) is 0.117. The van der Waals surface area contributed by atoms with Crippen LogP contribution in [0, 0.1) is 0 Å². The Bertz CT molecular complexity index is 605. The number of benzene rings is 1. The molecule has 1 fully saturated rings. The highest BCUT2D eigenvalue weighted by molar-refractivity contribution is 8.01. The molecule has 0 aliphatic carbocycles. The Labute approximate surface area is 135 Å². The molecule has 0 radical (unpaired) electrons. The Kier molecular flexibility index (Phi) is 5.46. The van der Waals surface area contributed by atoms with Crippen LogP contribution in [0.5, 0.6) is 0 Å². The molecule has 0 aromatic heterocycles. The van der Waals surface area contributed by atoms with Gasteiger partial charge in [0, 0.05) is 40.6 Å². The van der Waals surface area contributed by atoms with Crippen molar-refractivity contribution in [2.45, 2.75) is 25.3 Å². The molecule has 1 saturated heterocycles. The number of sulfone groups is 1. The van der Waals surface area contributed by atoms with Crippen LogP contribution in [0.1, 0.15) is 25.5 Å². The van der Waals surface area contributed by atoms with Gasteiger partial charge in [-0.2, -0.15) is 11.8 Å². The lowest BCUT2D eigenvalue weighted by atomic mass is 10.1. The maximum atomic E-state index is 12.3. The number of halogens is 1. The third-order valence-electron chi connectivity index (χ3n) is 3.71. The van der Waals surface area contributed by atoms with Crippen molar-refractivity contribution in [3.05, 3.63) is 28.8 Å². The third-order valence-corrected chi connectivity index (χ3v) is 7.32. The molecule has 0 spiro atoms. The molecular weight excluding hydrogens is 328 g/mol. The first-order chi connectivity index (χ1) is 9.86. The summed E-state index contributed by atoms with van der Waals surface area (Å²) in [6, 6.07) is 5.49. The quantitative estimate of drug-likeness (QED) is 0.906. The Morgan fingerprint density at radius 2 is 2.24 bits per heavy atom. The lowest BCUT2D eigenvalue weighted by molar-refractivity contribution is 0.579. The van der Waals surface area contributed by atoms with E-state index in [1.807, 2.05) is 30.0 Å². The van der Waals surface area contributed by atoms with Crippen molar-refractivity contribution < 1.29 is 8.42 Å². The molecule has 0 amide bonds. The van der Waals surface area contributed by atoms with E-state index in [1.54, 1.807) is 18.7 Å². The molecule has 2 N–H and O–H groups in total. The molecule has 1 aliphatic rings. The average Bonchev–Trinajstić information content (AvgIpc) is 2.46. The average molecular weight is 349 g/mol. The topological polar surface area (TPSA) is 63.4 Å². The molecular formula is C14H21ClN2O2S2. The van der Waals surface area contributed by atoms with Crippen LogP contribution >= 0.6 is 23.4 Å². The van der Waals surface area contributed by atoms with E-state index in [-0.39, 0.29) is 11.8 Å². The third kappa shape index (κ3) is 3.67. The molecule has 4 nitrogen and oxygen atoms in total. The zero-order valence-corrected chi connectivity index (χ0v) is 14.6. The fourth-order valence-corrected chi connectivity index (χ4v) is 5.77. The molecule has 1 aliphatic heterocycles. The molecule has 1 heterocycles. The summed E-state index contributed by atoms with van der Waals surface area (Å²) >= 11 is 7.96. The van der Waals surface area contributed by atoms with Gasteiger partial charge in [0.05, 0.1) is 0 Å². The van der Waals surface area contributed by atoms with Gasteiger partial charge in [0.15, 0.2) is 9.84 Å². The Hall–Kier alpha value is -0.430. The predicted molar refractivity (Wildman–Crippen MR) is 92.0 cm³/mol. The lowest BCUT2D eigenvalue weighted by Gasteiger charge is -2.36. The van der Waals surface area contributed by atoms with E-state index in [9.17, 15) is 8.42 Å².